The fraction of sp³-hybridized carbons (Fsp3) is 0.889. The summed E-state index contributed by atoms with van der Waals surface area (Å²) in [6, 6.07) is 0. The minimum Gasteiger partial charge on any atom is -0.394 e. The van der Waals surface area contributed by atoms with Gasteiger partial charge in [-0.05, 0) is 20.8 Å². The number of aliphatic hydroxyl groups is 1. The summed E-state index contributed by atoms with van der Waals surface area (Å²) < 4.78 is 10.8. The average Bonchev–Trinajstić information content (AvgIpc) is 2.24. The lowest BCUT2D eigenvalue weighted by Gasteiger charge is -2.16. The smallest absolute Gasteiger partial charge is 0.163 e. The highest BCUT2D eigenvalue weighted by atomic mass is 16.8. The Morgan fingerprint density at radius 3 is 2.38 bits per heavy atom. The number of hydrogen-bond donors (Lipinski definition) is 1. The first-order valence-corrected chi connectivity index (χ1v) is 4.40. The maximum atomic E-state index is 10.9. The van der Waals surface area contributed by atoms with Crippen LogP contribution in [0.15, 0.2) is 0 Å². The molecule has 1 saturated heterocycles. The van der Waals surface area contributed by atoms with Crippen LogP contribution in [0.1, 0.15) is 27.2 Å². The Labute approximate surface area is 77.8 Å². The fourth-order valence-electron chi connectivity index (χ4n) is 1.52. The lowest BCUT2D eigenvalue weighted by Crippen LogP contribution is -2.27. The third-order valence-electron chi connectivity index (χ3n) is 1.95. The Balaban J connectivity index is 2.58. The number of ether oxygens (including phenoxy) is 2. The van der Waals surface area contributed by atoms with Crippen molar-refractivity contribution in [3.05, 3.63) is 0 Å². The maximum absolute atomic E-state index is 10.9. The molecule has 1 fully saturated rings. The molecule has 4 nitrogen and oxygen atoms in total. The monoisotopic (exact) mass is 188 g/mol. The van der Waals surface area contributed by atoms with Crippen molar-refractivity contribution >= 4 is 5.78 Å². The molecular formula is C9H16O4. The van der Waals surface area contributed by atoms with Crippen LogP contribution in [-0.4, -0.2) is 35.5 Å². The predicted octanol–water partition coefficient (Wildman–Crippen LogP) is 0.478. The molecule has 0 spiro atoms. The van der Waals surface area contributed by atoms with Gasteiger partial charge in [0.2, 0.25) is 0 Å². The number of carbonyl (C=O) groups excluding carboxylic acids is 1. The van der Waals surface area contributed by atoms with Crippen LogP contribution in [0.3, 0.4) is 0 Å². The van der Waals surface area contributed by atoms with E-state index in [1.54, 1.807) is 13.8 Å². The highest BCUT2D eigenvalue weighted by Crippen LogP contribution is 2.29. The van der Waals surface area contributed by atoms with Gasteiger partial charge in [-0.15, -0.1) is 0 Å². The van der Waals surface area contributed by atoms with Crippen molar-refractivity contribution < 1.29 is 19.4 Å². The minimum absolute atomic E-state index is 0.0461. The molecule has 0 aromatic heterocycles. The van der Waals surface area contributed by atoms with Crippen LogP contribution in [0, 0.1) is 0 Å². The van der Waals surface area contributed by atoms with Gasteiger partial charge in [0.05, 0.1) is 12.7 Å². The molecule has 1 aliphatic heterocycles. The zero-order valence-electron chi connectivity index (χ0n) is 8.24. The molecule has 76 valence electrons. The molecule has 1 aliphatic rings. The number of ketones is 1. The van der Waals surface area contributed by atoms with Crippen LogP contribution in [0.25, 0.3) is 0 Å². The summed E-state index contributed by atoms with van der Waals surface area (Å²) in [5.41, 5.74) is 0. The van der Waals surface area contributed by atoms with Crippen LogP contribution in [0.2, 0.25) is 0 Å². The van der Waals surface area contributed by atoms with E-state index < -0.39 is 5.79 Å². The Morgan fingerprint density at radius 2 is 1.92 bits per heavy atom. The Bertz CT molecular complexity index is 200. The molecule has 0 aromatic rings. The zero-order valence-corrected chi connectivity index (χ0v) is 8.24. The third-order valence-corrected chi connectivity index (χ3v) is 1.95. The van der Waals surface area contributed by atoms with Crippen molar-refractivity contribution in [1.29, 1.82) is 0 Å². The summed E-state index contributed by atoms with van der Waals surface area (Å²) in [4.78, 5) is 10.9. The van der Waals surface area contributed by atoms with Gasteiger partial charge in [0, 0.05) is 6.42 Å². The summed E-state index contributed by atoms with van der Waals surface area (Å²) in [7, 11) is 0. The van der Waals surface area contributed by atoms with Gasteiger partial charge < -0.3 is 14.6 Å². The maximum Gasteiger partial charge on any atom is 0.163 e. The molecule has 1 N–H and O–H groups in total. The molecule has 0 bridgehead atoms. The van der Waals surface area contributed by atoms with Gasteiger partial charge in [0.25, 0.3) is 0 Å². The molecule has 0 aromatic carbocycles. The third kappa shape index (κ3) is 2.76. The van der Waals surface area contributed by atoms with Crippen molar-refractivity contribution in [3.8, 4) is 0 Å². The van der Waals surface area contributed by atoms with E-state index in [0.717, 1.165) is 0 Å². The molecule has 2 atom stereocenters. The van der Waals surface area contributed by atoms with Crippen molar-refractivity contribution in [1.82, 2.24) is 0 Å². The molecule has 0 saturated carbocycles. The highest BCUT2D eigenvalue weighted by molar-refractivity contribution is 5.76. The van der Waals surface area contributed by atoms with Crippen molar-refractivity contribution in [2.24, 2.45) is 0 Å². The first-order valence-electron chi connectivity index (χ1n) is 4.40. The summed E-state index contributed by atoms with van der Waals surface area (Å²) in [6.45, 7) is 4.94. The lowest BCUT2D eigenvalue weighted by atomic mass is 10.1. The van der Waals surface area contributed by atoms with Crippen LogP contribution >= 0.6 is 0 Å². The molecule has 1 rings (SSSR count). The minimum atomic E-state index is -0.687. The van der Waals surface area contributed by atoms with Gasteiger partial charge in [0.15, 0.2) is 5.79 Å². The molecule has 4 heteroatoms. The second-order valence-electron chi connectivity index (χ2n) is 3.80. The second-order valence-corrected chi connectivity index (χ2v) is 3.80. The van der Waals surface area contributed by atoms with Gasteiger partial charge >= 0.3 is 0 Å². The quantitative estimate of drug-likeness (QED) is 0.699. The van der Waals surface area contributed by atoms with Crippen molar-refractivity contribution in [2.45, 2.75) is 45.2 Å². The number of aliphatic hydroxyl groups excluding tert-OH is 1. The predicted molar refractivity (Wildman–Crippen MR) is 46.2 cm³/mol. The van der Waals surface area contributed by atoms with E-state index in [1.807, 2.05) is 0 Å². The van der Waals surface area contributed by atoms with Crippen LogP contribution < -0.4 is 0 Å². The van der Waals surface area contributed by atoms with Crippen molar-refractivity contribution in [3.63, 3.8) is 0 Å². The SMILES string of the molecule is CC(=O)CC1OC(C)(C)OC1CO. The van der Waals surface area contributed by atoms with E-state index >= 15 is 0 Å². The van der Waals surface area contributed by atoms with Gasteiger partial charge in [0.1, 0.15) is 11.9 Å². The van der Waals surface area contributed by atoms with Gasteiger partial charge in [-0.25, -0.2) is 0 Å². The first-order chi connectivity index (χ1) is 5.94. The van der Waals surface area contributed by atoms with Crippen LogP contribution in [0.4, 0.5) is 0 Å². The molecular weight excluding hydrogens is 172 g/mol. The lowest BCUT2D eigenvalue weighted by molar-refractivity contribution is -0.150. The Hall–Kier alpha value is -0.450. The summed E-state index contributed by atoms with van der Waals surface area (Å²) in [6.07, 6.45) is -0.384. The Morgan fingerprint density at radius 1 is 1.38 bits per heavy atom. The van der Waals surface area contributed by atoms with Crippen LogP contribution in [-0.2, 0) is 14.3 Å². The highest BCUT2D eigenvalue weighted by Gasteiger charge is 2.41. The summed E-state index contributed by atoms with van der Waals surface area (Å²) in [5, 5.41) is 8.97. The van der Waals surface area contributed by atoms with E-state index in [4.69, 9.17) is 14.6 Å². The first kappa shape index (κ1) is 10.6. The van der Waals surface area contributed by atoms with Crippen molar-refractivity contribution in [2.75, 3.05) is 6.61 Å². The fourth-order valence-corrected chi connectivity index (χ4v) is 1.52. The number of rotatable bonds is 3. The number of hydrogen-bond acceptors (Lipinski definition) is 4. The van der Waals surface area contributed by atoms with E-state index in [1.165, 1.54) is 6.92 Å². The largest absolute Gasteiger partial charge is 0.394 e. The summed E-state index contributed by atoms with van der Waals surface area (Å²) in [5.74, 6) is -0.641. The Kier molecular flexibility index (Phi) is 3.05. The standard InChI is InChI=1S/C9H16O4/c1-6(11)4-7-8(5-10)13-9(2,3)12-7/h7-8,10H,4-5H2,1-3H3. The van der Waals surface area contributed by atoms with E-state index in [-0.39, 0.29) is 24.6 Å². The molecule has 0 radical (unpaired) electrons. The summed E-state index contributed by atoms with van der Waals surface area (Å²) >= 11 is 0. The second kappa shape index (κ2) is 3.74. The zero-order chi connectivity index (χ0) is 10.1. The molecule has 2 unspecified atom stereocenters. The van der Waals surface area contributed by atoms with Gasteiger partial charge in [-0.2, -0.15) is 0 Å². The molecule has 1 heterocycles. The van der Waals surface area contributed by atoms with Crippen LogP contribution in [0.5, 0.6) is 0 Å². The van der Waals surface area contributed by atoms with Gasteiger partial charge in [-0.1, -0.05) is 0 Å². The van der Waals surface area contributed by atoms with Gasteiger partial charge in [-0.3, -0.25) is 4.79 Å². The van der Waals surface area contributed by atoms with E-state index in [9.17, 15) is 4.79 Å². The molecule has 0 aliphatic carbocycles. The van der Waals surface area contributed by atoms with E-state index in [2.05, 4.69) is 0 Å². The number of carbonyl (C=O) groups is 1. The molecule has 13 heavy (non-hydrogen) atoms. The average molecular weight is 188 g/mol. The van der Waals surface area contributed by atoms with E-state index in [0.29, 0.717) is 6.42 Å². The molecule has 0 amide bonds. The number of Topliss-reactive ketones (excluding diaryl/α,β-unsaturated/α-hetero) is 1. The normalized spacial score (nSPS) is 32.0. The topological polar surface area (TPSA) is 55.8 Å².